The van der Waals surface area contributed by atoms with Crippen molar-refractivity contribution < 1.29 is 9.72 Å². The average Bonchev–Trinajstić information content (AvgIpc) is 3.21. The molecule has 1 aromatic carbocycles. The number of hydrogen-bond acceptors (Lipinski definition) is 3. The number of fused-ring (bicyclic) bond motifs is 2. The number of carbonyl (C=O) groups is 1. The Hall–Kier alpha value is -1.91. The molecular weight excluding hydrogens is 268 g/mol. The fraction of sp³-hybridized carbons (Fsp3) is 0.562. The van der Waals surface area contributed by atoms with Gasteiger partial charge in [0.1, 0.15) is 0 Å². The van der Waals surface area contributed by atoms with Gasteiger partial charge in [-0.15, -0.1) is 0 Å². The molecule has 112 valence electrons. The van der Waals surface area contributed by atoms with Gasteiger partial charge in [0.15, 0.2) is 0 Å². The maximum Gasteiger partial charge on any atom is 0.270 e. The van der Waals surface area contributed by atoms with Gasteiger partial charge in [0.05, 0.1) is 10.3 Å². The second-order valence-electron chi connectivity index (χ2n) is 5.88. The number of amides is 1. The molecule has 2 fully saturated rings. The average molecular weight is 288 g/mol. The number of nitro benzene ring substituents is 1. The highest BCUT2D eigenvalue weighted by Gasteiger charge is 2.53. The highest BCUT2D eigenvalue weighted by Crippen LogP contribution is 2.56. The molecule has 0 saturated heterocycles. The lowest BCUT2D eigenvalue weighted by atomic mass is 9.65. The summed E-state index contributed by atoms with van der Waals surface area (Å²) in [5.41, 5.74) is 2.38. The summed E-state index contributed by atoms with van der Waals surface area (Å²) in [6, 6.07) is 3.26. The van der Waals surface area contributed by atoms with Crippen molar-refractivity contribution in [3.63, 3.8) is 0 Å². The van der Waals surface area contributed by atoms with Crippen molar-refractivity contribution in [2.24, 2.45) is 0 Å². The molecule has 21 heavy (non-hydrogen) atoms. The fourth-order valence-electron chi connectivity index (χ4n) is 3.37. The monoisotopic (exact) mass is 288 g/mol. The van der Waals surface area contributed by atoms with Gasteiger partial charge in [-0.1, -0.05) is 20.3 Å². The van der Waals surface area contributed by atoms with Crippen LogP contribution in [0.25, 0.3) is 0 Å². The number of non-ortho nitro benzene ring substituents is 1. The van der Waals surface area contributed by atoms with E-state index in [1.54, 1.807) is 12.1 Å². The molecule has 1 aliphatic heterocycles. The van der Waals surface area contributed by atoms with E-state index in [1.165, 1.54) is 0 Å². The van der Waals surface area contributed by atoms with Crippen LogP contribution in [-0.2, 0) is 10.2 Å². The van der Waals surface area contributed by atoms with Gasteiger partial charge in [-0.3, -0.25) is 14.9 Å². The predicted molar refractivity (Wildman–Crippen MR) is 80.6 cm³/mol. The molecule has 0 atom stereocenters. The molecule has 1 heterocycles. The van der Waals surface area contributed by atoms with Crippen LogP contribution in [0.4, 0.5) is 11.4 Å². The molecular formula is C16H20N2O3. The summed E-state index contributed by atoms with van der Waals surface area (Å²) in [4.78, 5) is 23.0. The second-order valence-corrected chi connectivity index (χ2v) is 5.88. The molecule has 5 heteroatoms. The fourth-order valence-corrected chi connectivity index (χ4v) is 3.37. The Kier molecular flexibility index (Phi) is 3.23. The highest BCUT2D eigenvalue weighted by molar-refractivity contribution is 6.08. The van der Waals surface area contributed by atoms with E-state index in [4.69, 9.17) is 0 Å². The number of anilines is 1. The van der Waals surface area contributed by atoms with Gasteiger partial charge in [0.25, 0.3) is 5.69 Å². The van der Waals surface area contributed by atoms with E-state index in [-0.39, 0.29) is 16.5 Å². The van der Waals surface area contributed by atoms with Crippen molar-refractivity contribution in [3.8, 4) is 0 Å². The molecule has 0 bridgehead atoms. The smallest absolute Gasteiger partial charge is 0.270 e. The van der Waals surface area contributed by atoms with Gasteiger partial charge in [-0.2, -0.15) is 0 Å². The maximum absolute atomic E-state index is 12.2. The first-order valence-electron chi connectivity index (χ1n) is 7.76. The van der Waals surface area contributed by atoms with Crippen LogP contribution in [0.15, 0.2) is 12.1 Å². The quantitative estimate of drug-likeness (QED) is 0.663. The Morgan fingerprint density at radius 2 is 1.95 bits per heavy atom. The van der Waals surface area contributed by atoms with Gasteiger partial charge < -0.3 is 5.32 Å². The Bertz CT molecular complexity index is 616. The second kappa shape index (κ2) is 4.83. The first-order valence-corrected chi connectivity index (χ1v) is 7.76. The van der Waals surface area contributed by atoms with Crippen LogP contribution in [0.5, 0.6) is 0 Å². The van der Waals surface area contributed by atoms with Gasteiger partial charge in [0, 0.05) is 17.8 Å². The first kappa shape index (κ1) is 14.0. The molecule has 0 radical (unpaired) electrons. The Balaban J connectivity index is 0.000000636. The van der Waals surface area contributed by atoms with E-state index in [0.717, 1.165) is 48.9 Å². The maximum atomic E-state index is 12.2. The molecule has 1 aromatic rings. The number of hydrogen-bond donors (Lipinski definition) is 1. The SMILES string of the molecule is CC.O=C1Nc2c(C3CC3)cc([N+](=O)[O-])cc2C12CCC2. The summed E-state index contributed by atoms with van der Waals surface area (Å²) in [5, 5.41) is 14.1. The number of carbonyl (C=O) groups excluding carboxylic acids is 1. The van der Waals surface area contributed by atoms with E-state index >= 15 is 0 Å². The lowest BCUT2D eigenvalue weighted by molar-refractivity contribution is -0.385. The summed E-state index contributed by atoms with van der Waals surface area (Å²) >= 11 is 0. The van der Waals surface area contributed by atoms with Crippen LogP contribution in [0.2, 0.25) is 0 Å². The number of rotatable bonds is 2. The minimum Gasteiger partial charge on any atom is -0.325 e. The van der Waals surface area contributed by atoms with Crippen LogP contribution in [-0.4, -0.2) is 10.8 Å². The predicted octanol–water partition coefficient (Wildman–Crippen LogP) is 3.87. The van der Waals surface area contributed by atoms with Crippen LogP contribution in [0, 0.1) is 10.1 Å². The van der Waals surface area contributed by atoms with E-state index in [0.29, 0.717) is 5.92 Å². The zero-order valence-electron chi connectivity index (χ0n) is 12.4. The molecule has 1 N–H and O–H groups in total. The number of nitrogens with zero attached hydrogens (tertiary/aromatic N) is 1. The summed E-state index contributed by atoms with van der Waals surface area (Å²) in [6.45, 7) is 4.00. The van der Waals surface area contributed by atoms with Gasteiger partial charge in [-0.05, 0) is 42.7 Å². The van der Waals surface area contributed by atoms with E-state index in [9.17, 15) is 14.9 Å². The number of nitro groups is 1. The normalized spacial score (nSPS) is 21.0. The van der Waals surface area contributed by atoms with Gasteiger partial charge in [0.2, 0.25) is 5.91 Å². The Labute approximate surface area is 123 Å². The van der Waals surface area contributed by atoms with Crippen molar-refractivity contribution >= 4 is 17.3 Å². The Morgan fingerprint density at radius 1 is 1.29 bits per heavy atom. The largest absolute Gasteiger partial charge is 0.325 e. The third kappa shape index (κ3) is 1.94. The van der Waals surface area contributed by atoms with Crippen LogP contribution >= 0.6 is 0 Å². The van der Waals surface area contributed by atoms with E-state index in [1.807, 2.05) is 13.8 Å². The molecule has 2 saturated carbocycles. The molecule has 1 amide bonds. The third-order valence-electron chi connectivity index (χ3n) is 4.78. The van der Waals surface area contributed by atoms with Gasteiger partial charge in [-0.25, -0.2) is 0 Å². The summed E-state index contributed by atoms with van der Waals surface area (Å²) in [6.07, 6.45) is 4.79. The van der Waals surface area contributed by atoms with Crippen molar-refractivity contribution in [1.29, 1.82) is 0 Å². The minimum absolute atomic E-state index is 0.0381. The lowest BCUT2D eigenvalue weighted by Crippen LogP contribution is -2.40. The van der Waals surface area contributed by atoms with Crippen molar-refractivity contribution in [3.05, 3.63) is 33.4 Å². The van der Waals surface area contributed by atoms with Crippen molar-refractivity contribution in [2.45, 2.75) is 57.3 Å². The minimum atomic E-state index is -0.467. The van der Waals surface area contributed by atoms with Crippen molar-refractivity contribution in [1.82, 2.24) is 0 Å². The third-order valence-corrected chi connectivity index (χ3v) is 4.78. The van der Waals surface area contributed by atoms with E-state index in [2.05, 4.69) is 5.32 Å². The summed E-state index contributed by atoms with van der Waals surface area (Å²) in [5.74, 6) is 0.431. The zero-order chi connectivity index (χ0) is 15.2. The summed E-state index contributed by atoms with van der Waals surface area (Å²) < 4.78 is 0. The zero-order valence-corrected chi connectivity index (χ0v) is 12.4. The molecule has 3 aliphatic rings. The molecule has 5 nitrogen and oxygen atoms in total. The molecule has 2 aliphatic carbocycles. The highest BCUT2D eigenvalue weighted by atomic mass is 16.6. The molecule has 0 aromatic heterocycles. The Morgan fingerprint density at radius 3 is 2.43 bits per heavy atom. The van der Waals surface area contributed by atoms with Crippen LogP contribution < -0.4 is 5.32 Å². The molecule has 1 spiro atoms. The standard InChI is InChI=1S/C14H14N2O3.C2H6/c17-13-14(4-1-5-14)11-7-9(16(18)19)6-10(8-2-3-8)12(11)15-13;1-2/h6-8H,1-5H2,(H,15,17);1-2H3. The number of nitrogens with one attached hydrogen (secondary N) is 1. The van der Waals surface area contributed by atoms with Gasteiger partial charge >= 0.3 is 0 Å². The summed E-state index contributed by atoms with van der Waals surface area (Å²) in [7, 11) is 0. The van der Waals surface area contributed by atoms with Crippen LogP contribution in [0.3, 0.4) is 0 Å². The number of benzene rings is 1. The van der Waals surface area contributed by atoms with Crippen LogP contribution in [0.1, 0.15) is 63.0 Å². The first-order chi connectivity index (χ1) is 10.1. The van der Waals surface area contributed by atoms with E-state index < -0.39 is 5.41 Å². The topological polar surface area (TPSA) is 72.2 Å². The molecule has 4 rings (SSSR count). The molecule has 0 unspecified atom stereocenters. The van der Waals surface area contributed by atoms with Crippen molar-refractivity contribution in [2.75, 3.05) is 5.32 Å². The lowest BCUT2D eigenvalue weighted by Gasteiger charge is -2.35.